The van der Waals surface area contributed by atoms with E-state index in [-0.39, 0.29) is 0 Å². The second-order valence-corrected chi connectivity index (χ2v) is 7.26. The molecule has 0 atom stereocenters. The Labute approximate surface area is 80.4 Å². The molecule has 0 aliphatic heterocycles. The van der Waals surface area contributed by atoms with Crippen molar-refractivity contribution < 1.29 is 15.1 Å². The third-order valence-corrected chi connectivity index (χ3v) is 1.14. The second-order valence-electron chi connectivity index (χ2n) is 2.64. The first kappa shape index (κ1) is 13.8. The number of hydrogen-bond donors (Lipinski definition) is 0. The fourth-order valence-electron chi connectivity index (χ4n) is 0.612. The molecule has 0 amide bonds. The Morgan fingerprint density at radius 2 is 1.70 bits per heavy atom. The standard InChI is InChI=1S/C7H16.2ClH.Zn/c1-4-5-6-7(2)3;;;/h7H,4-6H2,1-3H3;2*1H;/q;;;+2/p-2. The average Bonchev–Trinajstić information content (AvgIpc) is 1.85. The molecule has 0 aliphatic carbocycles. The van der Waals surface area contributed by atoms with Gasteiger partial charge in [0, 0.05) is 0 Å². The minimum absolute atomic E-state index is 0.903. The van der Waals surface area contributed by atoms with E-state index < -0.39 is 15.1 Å². The Kier molecular flexibility index (Phi) is 17.7. The third-order valence-electron chi connectivity index (χ3n) is 1.14. The van der Waals surface area contributed by atoms with Crippen LogP contribution in [0.5, 0.6) is 0 Å². The summed E-state index contributed by atoms with van der Waals surface area (Å²) in [7, 11) is 9.90. The topological polar surface area (TPSA) is 0 Å². The first-order chi connectivity index (χ1) is 4.68. The molecule has 0 saturated carbocycles. The van der Waals surface area contributed by atoms with E-state index in [2.05, 4.69) is 20.8 Å². The van der Waals surface area contributed by atoms with Gasteiger partial charge in [-0.05, 0) is 5.92 Å². The molecule has 0 nitrogen and oxygen atoms in total. The van der Waals surface area contributed by atoms with Crippen LogP contribution in [0.4, 0.5) is 0 Å². The number of halogens is 2. The second kappa shape index (κ2) is 12.8. The molecule has 0 saturated heterocycles. The van der Waals surface area contributed by atoms with E-state index in [1.54, 1.807) is 0 Å². The fourth-order valence-corrected chi connectivity index (χ4v) is 0.612. The van der Waals surface area contributed by atoms with E-state index in [0.717, 1.165) is 5.92 Å². The van der Waals surface area contributed by atoms with Crippen molar-refractivity contribution in [1.29, 1.82) is 0 Å². The van der Waals surface area contributed by atoms with Crippen LogP contribution in [0, 0.1) is 5.92 Å². The van der Waals surface area contributed by atoms with Crippen LogP contribution in [0.25, 0.3) is 0 Å². The third kappa shape index (κ3) is 22.9. The van der Waals surface area contributed by atoms with Gasteiger partial charge in [0.2, 0.25) is 0 Å². The van der Waals surface area contributed by atoms with Crippen molar-refractivity contribution in [3.05, 3.63) is 0 Å². The van der Waals surface area contributed by atoms with Gasteiger partial charge in [0.05, 0.1) is 0 Å². The molecule has 0 aromatic heterocycles. The Morgan fingerprint density at radius 3 is 1.80 bits per heavy atom. The van der Waals surface area contributed by atoms with Gasteiger partial charge >= 0.3 is 34.5 Å². The molecule has 0 fully saturated rings. The van der Waals surface area contributed by atoms with Crippen LogP contribution >= 0.6 is 19.4 Å². The van der Waals surface area contributed by atoms with Crippen LogP contribution in [-0.2, 0) is 15.1 Å². The van der Waals surface area contributed by atoms with Gasteiger partial charge in [0.1, 0.15) is 0 Å². The minimum atomic E-state index is -0.931. The molecule has 60 valence electrons. The van der Waals surface area contributed by atoms with Crippen molar-refractivity contribution >= 4 is 19.4 Å². The predicted molar refractivity (Wildman–Crippen MR) is 46.1 cm³/mol. The van der Waals surface area contributed by atoms with Crippen molar-refractivity contribution in [1.82, 2.24) is 0 Å². The first-order valence-corrected chi connectivity index (χ1v) is 11.6. The van der Waals surface area contributed by atoms with Gasteiger partial charge in [0.15, 0.2) is 0 Å². The summed E-state index contributed by atoms with van der Waals surface area (Å²) in [4.78, 5) is 0. The number of hydrogen-bond acceptors (Lipinski definition) is 0. The molecule has 0 unspecified atom stereocenters. The summed E-state index contributed by atoms with van der Waals surface area (Å²) >= 11 is -0.931. The summed E-state index contributed by atoms with van der Waals surface area (Å²) in [6.45, 7) is 6.79. The van der Waals surface area contributed by atoms with E-state index in [1.165, 1.54) is 19.3 Å². The maximum absolute atomic E-state index is 4.95. The van der Waals surface area contributed by atoms with Gasteiger partial charge in [-0.15, -0.1) is 0 Å². The summed E-state index contributed by atoms with van der Waals surface area (Å²) in [5.41, 5.74) is 0. The van der Waals surface area contributed by atoms with Gasteiger partial charge in [-0.2, -0.15) is 0 Å². The molecule has 3 heteroatoms. The van der Waals surface area contributed by atoms with Crippen LogP contribution < -0.4 is 0 Å². The predicted octanol–water partition coefficient (Wildman–Crippen LogP) is 4.21. The molecule has 0 heterocycles. The Bertz CT molecular complexity index is 48.9. The summed E-state index contributed by atoms with van der Waals surface area (Å²) in [5.74, 6) is 0.903. The molecule has 0 aliphatic rings. The van der Waals surface area contributed by atoms with Crippen molar-refractivity contribution in [3.63, 3.8) is 0 Å². The SMILES string of the molecule is CCCCC(C)C.[Cl][Zn][Cl]. The molecule has 0 radical (unpaired) electrons. The van der Waals surface area contributed by atoms with Crippen LogP contribution in [0.3, 0.4) is 0 Å². The zero-order valence-electron chi connectivity index (χ0n) is 7.16. The summed E-state index contributed by atoms with van der Waals surface area (Å²) in [6, 6.07) is 0. The van der Waals surface area contributed by atoms with Crippen LogP contribution in [0.15, 0.2) is 0 Å². The van der Waals surface area contributed by atoms with Gasteiger partial charge in [-0.3, -0.25) is 0 Å². The molecule has 0 N–H and O–H groups in total. The van der Waals surface area contributed by atoms with E-state index >= 15 is 0 Å². The van der Waals surface area contributed by atoms with Gasteiger partial charge in [-0.25, -0.2) is 0 Å². The molecule has 0 rings (SSSR count). The molecule has 0 bridgehead atoms. The van der Waals surface area contributed by atoms with E-state index in [0.29, 0.717) is 0 Å². The van der Waals surface area contributed by atoms with E-state index in [1.807, 2.05) is 0 Å². The summed E-state index contributed by atoms with van der Waals surface area (Å²) < 4.78 is 0. The van der Waals surface area contributed by atoms with Crippen LogP contribution in [0.1, 0.15) is 40.0 Å². The monoisotopic (exact) mass is 234 g/mol. The van der Waals surface area contributed by atoms with Crippen molar-refractivity contribution in [2.75, 3.05) is 0 Å². The number of rotatable bonds is 3. The van der Waals surface area contributed by atoms with Crippen molar-refractivity contribution in [2.24, 2.45) is 5.92 Å². The Morgan fingerprint density at radius 1 is 1.30 bits per heavy atom. The summed E-state index contributed by atoms with van der Waals surface area (Å²) in [6.07, 6.45) is 4.15. The fraction of sp³-hybridized carbons (Fsp3) is 1.00. The Hall–Kier alpha value is 1.20. The maximum atomic E-state index is 4.95. The van der Waals surface area contributed by atoms with Crippen LogP contribution in [0.2, 0.25) is 0 Å². The van der Waals surface area contributed by atoms with Crippen molar-refractivity contribution in [3.8, 4) is 0 Å². The molecule has 0 aromatic carbocycles. The first-order valence-electron chi connectivity index (χ1n) is 3.80. The molecular weight excluding hydrogens is 220 g/mol. The van der Waals surface area contributed by atoms with Gasteiger partial charge < -0.3 is 0 Å². The zero-order valence-corrected chi connectivity index (χ0v) is 11.6. The van der Waals surface area contributed by atoms with E-state index in [4.69, 9.17) is 19.4 Å². The number of unbranched alkanes of at least 4 members (excludes halogenated alkanes) is 1. The van der Waals surface area contributed by atoms with Gasteiger partial charge in [-0.1, -0.05) is 40.0 Å². The molecule has 0 aromatic rings. The van der Waals surface area contributed by atoms with Crippen molar-refractivity contribution in [2.45, 2.75) is 40.0 Å². The molecular formula is C7H16Cl2Zn. The van der Waals surface area contributed by atoms with E-state index in [9.17, 15) is 0 Å². The normalized spacial score (nSPS) is 8.20. The quantitative estimate of drug-likeness (QED) is 0.644. The average molecular weight is 237 g/mol. The molecule has 0 spiro atoms. The van der Waals surface area contributed by atoms with Gasteiger partial charge in [0.25, 0.3) is 0 Å². The summed E-state index contributed by atoms with van der Waals surface area (Å²) in [5, 5.41) is 0. The Balaban J connectivity index is 0. The molecule has 10 heavy (non-hydrogen) atoms. The zero-order chi connectivity index (χ0) is 8.41. The van der Waals surface area contributed by atoms with Crippen LogP contribution in [-0.4, -0.2) is 0 Å².